The number of hydrogen-bond donors (Lipinski definition) is 7. The molecule has 5 rings (SSSR count). The van der Waals surface area contributed by atoms with Crippen molar-refractivity contribution in [2.45, 2.75) is 67.5 Å². The predicted octanol–water partition coefficient (Wildman–Crippen LogP) is -0.974. The summed E-state index contributed by atoms with van der Waals surface area (Å²) in [4.78, 5) is 4.68. The molecular weight excluding hydrogens is 534 g/mol. The third-order valence-corrected chi connectivity index (χ3v) is 7.93. The molecule has 3 aromatic rings. The second kappa shape index (κ2) is 12.2. The van der Waals surface area contributed by atoms with Gasteiger partial charge >= 0.3 is 0 Å². The van der Waals surface area contributed by atoms with Crippen LogP contribution >= 0.6 is 11.3 Å². The van der Waals surface area contributed by atoms with Gasteiger partial charge in [-0.2, -0.15) is 0 Å². The van der Waals surface area contributed by atoms with E-state index in [9.17, 15) is 35.7 Å². The fraction of sp³-hybridized carbons (Fsp3) is 0.500. The van der Waals surface area contributed by atoms with Crippen molar-refractivity contribution in [2.75, 3.05) is 13.2 Å². The number of aromatic nitrogens is 1. The van der Waals surface area contributed by atoms with Crippen molar-refractivity contribution in [1.29, 1.82) is 0 Å². The van der Waals surface area contributed by atoms with Crippen LogP contribution in [0.25, 0.3) is 10.2 Å². The van der Waals surface area contributed by atoms with E-state index in [1.807, 2.05) is 54.6 Å². The molecule has 212 valence electrons. The van der Waals surface area contributed by atoms with Crippen LogP contribution in [-0.4, -0.2) is 115 Å². The zero-order chi connectivity index (χ0) is 27.7. The maximum atomic E-state index is 10.7. The SMILES string of the molecule is OC[C@H]1O[C@@H](OC[C@H]2O[C@@H](OC(c3ccccc3)c3nc4ccccc4s3)[C@H](O)[C@@H](O)[C@@H]2O)[C@H](O)[C@@H](O)[C@@H]1O. The molecule has 0 amide bonds. The molecule has 11 atom stereocenters. The highest BCUT2D eigenvalue weighted by atomic mass is 32.1. The molecule has 13 heteroatoms. The molecule has 0 bridgehead atoms. The van der Waals surface area contributed by atoms with Gasteiger partial charge in [-0.15, -0.1) is 11.3 Å². The molecule has 7 N–H and O–H groups in total. The van der Waals surface area contributed by atoms with Gasteiger partial charge in [-0.05, 0) is 17.7 Å². The van der Waals surface area contributed by atoms with Gasteiger partial charge in [0.2, 0.25) is 0 Å². The number of aliphatic hydroxyl groups excluding tert-OH is 7. The molecule has 2 aliphatic rings. The first-order valence-corrected chi connectivity index (χ1v) is 13.3. The van der Waals surface area contributed by atoms with Crippen molar-refractivity contribution in [2.24, 2.45) is 0 Å². The second-order valence-electron chi connectivity index (χ2n) is 9.49. The molecule has 3 heterocycles. The molecule has 2 aromatic carbocycles. The molecule has 0 aliphatic carbocycles. The third kappa shape index (κ3) is 5.86. The summed E-state index contributed by atoms with van der Waals surface area (Å²) in [6.45, 7) is -1.09. The standard InChI is InChI=1S/C26H31NO11S/c28-10-14-17(29)19(31)21(33)25(36-14)35-11-15-18(30)20(32)22(34)26(37-15)38-23(12-6-2-1-3-7-12)24-27-13-8-4-5-9-16(13)39-24/h1-9,14-15,17-23,25-26,28-34H,10-11H2/t14-,15-,17-,18-,19+,20+,21-,22-,23?,25-,26+/m1/s1. The summed E-state index contributed by atoms with van der Waals surface area (Å²) in [5.41, 5.74) is 1.50. The largest absolute Gasteiger partial charge is 0.394 e. The number of aliphatic hydroxyl groups is 7. The summed E-state index contributed by atoms with van der Waals surface area (Å²) >= 11 is 1.41. The lowest BCUT2D eigenvalue weighted by Gasteiger charge is -2.43. The van der Waals surface area contributed by atoms with Crippen LogP contribution in [-0.2, 0) is 18.9 Å². The Morgan fingerprint density at radius 2 is 1.36 bits per heavy atom. The summed E-state index contributed by atoms with van der Waals surface area (Å²) in [6, 6.07) is 16.7. The van der Waals surface area contributed by atoms with Crippen LogP contribution in [0.1, 0.15) is 16.7 Å². The lowest BCUT2D eigenvalue weighted by molar-refractivity contribution is -0.334. The number of thiazole rings is 1. The van der Waals surface area contributed by atoms with Gasteiger partial charge in [-0.3, -0.25) is 0 Å². The first-order valence-electron chi connectivity index (χ1n) is 12.5. The molecule has 2 saturated heterocycles. The number of ether oxygens (including phenoxy) is 4. The van der Waals surface area contributed by atoms with Gasteiger partial charge in [0.15, 0.2) is 12.6 Å². The van der Waals surface area contributed by atoms with Crippen LogP contribution in [0.2, 0.25) is 0 Å². The Labute approximate surface area is 227 Å². The minimum atomic E-state index is -1.67. The number of nitrogens with zero attached hydrogens (tertiary/aromatic N) is 1. The van der Waals surface area contributed by atoms with E-state index in [4.69, 9.17) is 18.9 Å². The Bertz CT molecular complexity index is 1180. The molecule has 0 spiro atoms. The number of hydrogen-bond acceptors (Lipinski definition) is 13. The van der Waals surface area contributed by atoms with Gasteiger partial charge in [0.05, 0.1) is 23.4 Å². The quantitative estimate of drug-likeness (QED) is 0.177. The monoisotopic (exact) mass is 565 g/mol. The third-order valence-electron chi connectivity index (χ3n) is 6.85. The average molecular weight is 566 g/mol. The summed E-state index contributed by atoms with van der Waals surface area (Å²) in [7, 11) is 0. The summed E-state index contributed by atoms with van der Waals surface area (Å²) in [6.07, 6.45) is -15.9. The fourth-order valence-electron chi connectivity index (χ4n) is 4.60. The molecule has 1 unspecified atom stereocenters. The van der Waals surface area contributed by atoms with E-state index in [1.54, 1.807) is 0 Å². The molecule has 0 saturated carbocycles. The maximum Gasteiger partial charge on any atom is 0.187 e. The van der Waals surface area contributed by atoms with E-state index in [0.29, 0.717) is 5.01 Å². The van der Waals surface area contributed by atoms with Crippen molar-refractivity contribution in [1.82, 2.24) is 4.98 Å². The average Bonchev–Trinajstić information content (AvgIpc) is 3.39. The molecule has 2 fully saturated rings. The molecule has 12 nitrogen and oxygen atoms in total. The summed E-state index contributed by atoms with van der Waals surface area (Å²) < 4.78 is 23.8. The molecule has 0 radical (unpaired) electrons. The Morgan fingerprint density at radius 1 is 0.744 bits per heavy atom. The van der Waals surface area contributed by atoms with Gasteiger partial charge in [-0.25, -0.2) is 4.98 Å². The minimum absolute atomic E-state index is 0.454. The van der Waals surface area contributed by atoms with Crippen molar-refractivity contribution in [3.05, 3.63) is 65.2 Å². The van der Waals surface area contributed by atoms with Crippen LogP contribution in [0.3, 0.4) is 0 Å². The first-order chi connectivity index (χ1) is 18.8. The normalized spacial score (nSPS) is 36.2. The smallest absolute Gasteiger partial charge is 0.187 e. The lowest BCUT2D eigenvalue weighted by atomic mass is 9.98. The number of para-hydroxylation sites is 1. The van der Waals surface area contributed by atoms with E-state index in [2.05, 4.69) is 4.98 Å². The predicted molar refractivity (Wildman–Crippen MR) is 135 cm³/mol. The number of fused-ring (bicyclic) bond motifs is 1. The second-order valence-corrected chi connectivity index (χ2v) is 10.6. The topological polar surface area (TPSA) is 191 Å². The summed E-state index contributed by atoms with van der Waals surface area (Å²) in [5.74, 6) is 0. The van der Waals surface area contributed by atoms with Gasteiger partial charge in [-0.1, -0.05) is 42.5 Å². The number of rotatable bonds is 8. The Hall–Kier alpha value is -2.11. The van der Waals surface area contributed by atoms with Gasteiger partial charge in [0.25, 0.3) is 0 Å². The fourth-order valence-corrected chi connectivity index (χ4v) is 5.64. The zero-order valence-corrected chi connectivity index (χ0v) is 21.4. The highest BCUT2D eigenvalue weighted by Crippen LogP contribution is 2.36. The molecule has 1 aromatic heterocycles. The van der Waals surface area contributed by atoms with Gasteiger partial charge in [0.1, 0.15) is 59.9 Å². The molecule has 39 heavy (non-hydrogen) atoms. The Kier molecular flexibility index (Phi) is 8.88. The van der Waals surface area contributed by atoms with Crippen LogP contribution < -0.4 is 0 Å². The van der Waals surface area contributed by atoms with Crippen LogP contribution in [0.4, 0.5) is 0 Å². The van der Waals surface area contributed by atoms with Crippen LogP contribution in [0, 0.1) is 0 Å². The molecule has 2 aliphatic heterocycles. The number of benzene rings is 2. The first kappa shape index (κ1) is 28.4. The van der Waals surface area contributed by atoms with Crippen molar-refractivity contribution < 1.29 is 54.7 Å². The van der Waals surface area contributed by atoms with Crippen LogP contribution in [0.5, 0.6) is 0 Å². The zero-order valence-electron chi connectivity index (χ0n) is 20.6. The molecular formula is C26H31NO11S. The van der Waals surface area contributed by atoms with E-state index in [0.717, 1.165) is 15.8 Å². The Morgan fingerprint density at radius 3 is 2.05 bits per heavy atom. The highest BCUT2D eigenvalue weighted by Gasteiger charge is 2.48. The van der Waals surface area contributed by atoms with E-state index < -0.39 is 80.7 Å². The van der Waals surface area contributed by atoms with E-state index >= 15 is 0 Å². The Balaban J connectivity index is 1.34. The van der Waals surface area contributed by atoms with Gasteiger partial charge < -0.3 is 54.7 Å². The van der Waals surface area contributed by atoms with E-state index in [-0.39, 0.29) is 0 Å². The van der Waals surface area contributed by atoms with E-state index in [1.165, 1.54) is 11.3 Å². The summed E-state index contributed by atoms with van der Waals surface area (Å²) in [5, 5.41) is 72.0. The van der Waals surface area contributed by atoms with Crippen molar-refractivity contribution >= 4 is 21.6 Å². The van der Waals surface area contributed by atoms with Crippen molar-refractivity contribution in [3.63, 3.8) is 0 Å². The highest BCUT2D eigenvalue weighted by molar-refractivity contribution is 7.18. The maximum absolute atomic E-state index is 10.7. The minimum Gasteiger partial charge on any atom is -0.394 e. The van der Waals surface area contributed by atoms with Crippen molar-refractivity contribution in [3.8, 4) is 0 Å². The van der Waals surface area contributed by atoms with Gasteiger partial charge in [0, 0.05) is 0 Å². The van der Waals surface area contributed by atoms with Crippen LogP contribution in [0.15, 0.2) is 54.6 Å². The lowest BCUT2D eigenvalue weighted by Crippen LogP contribution is -2.61.